The van der Waals surface area contributed by atoms with Gasteiger partial charge < -0.3 is 19.7 Å². The minimum absolute atomic E-state index is 0.112. The Morgan fingerprint density at radius 3 is 2.76 bits per heavy atom. The molecule has 0 bridgehead atoms. The maximum absolute atomic E-state index is 12.8. The summed E-state index contributed by atoms with van der Waals surface area (Å²) in [4.78, 5) is 26.3. The lowest BCUT2D eigenvalue weighted by atomic mass is 10.1. The molecule has 1 aromatic carbocycles. The van der Waals surface area contributed by atoms with Gasteiger partial charge >= 0.3 is 0 Å². The zero-order valence-electron chi connectivity index (χ0n) is 12.5. The molecular formula is C15H20N2O4. The molecule has 1 heterocycles. The zero-order valence-corrected chi connectivity index (χ0v) is 12.5. The first-order valence-corrected chi connectivity index (χ1v) is 6.93. The van der Waals surface area contributed by atoms with Gasteiger partial charge in [0.05, 0.1) is 19.8 Å². The maximum atomic E-state index is 12.8. The van der Waals surface area contributed by atoms with Gasteiger partial charge in [-0.2, -0.15) is 0 Å². The van der Waals surface area contributed by atoms with E-state index in [1.807, 2.05) is 6.92 Å². The van der Waals surface area contributed by atoms with Crippen LogP contribution in [0, 0.1) is 0 Å². The Morgan fingerprint density at radius 1 is 1.38 bits per heavy atom. The van der Waals surface area contributed by atoms with Crippen LogP contribution in [0.15, 0.2) is 18.2 Å². The second-order valence-electron chi connectivity index (χ2n) is 4.75. The molecule has 6 heteroatoms. The number of carbonyl (C=O) groups is 2. The normalized spacial score (nSPS) is 18.1. The highest BCUT2D eigenvalue weighted by Gasteiger charge is 2.33. The van der Waals surface area contributed by atoms with Crippen LogP contribution >= 0.6 is 0 Å². The summed E-state index contributed by atoms with van der Waals surface area (Å²) in [6.07, 6.45) is 0.573. The largest absolute Gasteiger partial charge is 0.493 e. The first-order chi connectivity index (χ1) is 10.1. The van der Waals surface area contributed by atoms with Gasteiger partial charge in [0.25, 0.3) is 5.91 Å². The van der Waals surface area contributed by atoms with Crippen molar-refractivity contribution in [3.05, 3.63) is 23.8 Å². The second-order valence-corrected chi connectivity index (χ2v) is 4.75. The number of nitrogens with zero attached hydrogens (tertiary/aromatic N) is 1. The van der Waals surface area contributed by atoms with Crippen molar-refractivity contribution < 1.29 is 19.1 Å². The first kappa shape index (κ1) is 15.2. The summed E-state index contributed by atoms with van der Waals surface area (Å²) < 4.78 is 10.5. The minimum Gasteiger partial charge on any atom is -0.493 e. The molecular weight excluding hydrogens is 272 g/mol. The standard InChI is InChI=1S/C15H20N2O4/c1-4-11-14(18)16-8-9-17(11)15(19)10-6-5-7-12(20-2)13(10)21-3/h5-7,11H,4,8-9H2,1-3H3,(H,16,18). The fourth-order valence-corrected chi connectivity index (χ4v) is 2.57. The minimum atomic E-state index is -0.442. The van der Waals surface area contributed by atoms with Gasteiger partial charge in [-0.25, -0.2) is 0 Å². The van der Waals surface area contributed by atoms with E-state index in [0.717, 1.165) is 0 Å². The van der Waals surface area contributed by atoms with E-state index in [0.29, 0.717) is 36.6 Å². The molecule has 2 amide bonds. The molecule has 1 unspecified atom stereocenters. The number of hydrogen-bond donors (Lipinski definition) is 1. The average Bonchev–Trinajstić information content (AvgIpc) is 2.52. The Labute approximate surface area is 124 Å². The van der Waals surface area contributed by atoms with Crippen molar-refractivity contribution in [1.29, 1.82) is 0 Å². The Morgan fingerprint density at radius 2 is 2.14 bits per heavy atom. The Hall–Kier alpha value is -2.24. The van der Waals surface area contributed by atoms with Crippen LogP contribution in [0.4, 0.5) is 0 Å². The number of amides is 2. The molecule has 1 aliphatic rings. The molecule has 6 nitrogen and oxygen atoms in total. The van der Waals surface area contributed by atoms with Crippen molar-refractivity contribution in [3.63, 3.8) is 0 Å². The number of carbonyl (C=O) groups excluding carboxylic acids is 2. The van der Waals surface area contributed by atoms with E-state index >= 15 is 0 Å². The molecule has 1 atom stereocenters. The molecule has 0 saturated carbocycles. The molecule has 0 spiro atoms. The summed E-state index contributed by atoms with van der Waals surface area (Å²) >= 11 is 0. The van der Waals surface area contributed by atoms with E-state index in [2.05, 4.69) is 5.32 Å². The van der Waals surface area contributed by atoms with Gasteiger partial charge in [-0.15, -0.1) is 0 Å². The zero-order chi connectivity index (χ0) is 15.4. The SMILES string of the molecule is CCC1C(=O)NCCN1C(=O)c1cccc(OC)c1OC. The molecule has 1 aliphatic heterocycles. The Balaban J connectivity index is 2.37. The molecule has 1 saturated heterocycles. The predicted molar refractivity (Wildman–Crippen MR) is 77.7 cm³/mol. The molecule has 1 aromatic rings. The Bertz CT molecular complexity index is 544. The topological polar surface area (TPSA) is 67.9 Å². The number of methoxy groups -OCH3 is 2. The molecule has 0 aliphatic carbocycles. The van der Waals surface area contributed by atoms with Crippen LogP contribution in [-0.4, -0.2) is 50.1 Å². The third-order valence-electron chi connectivity index (χ3n) is 3.61. The van der Waals surface area contributed by atoms with E-state index in [9.17, 15) is 9.59 Å². The van der Waals surface area contributed by atoms with Gasteiger partial charge in [-0.3, -0.25) is 9.59 Å². The number of benzene rings is 1. The van der Waals surface area contributed by atoms with Crippen molar-refractivity contribution in [2.75, 3.05) is 27.3 Å². The van der Waals surface area contributed by atoms with Crippen LogP contribution in [0.5, 0.6) is 11.5 Å². The van der Waals surface area contributed by atoms with Gasteiger partial charge in [-0.05, 0) is 18.6 Å². The summed E-state index contributed by atoms with van der Waals surface area (Å²) in [6, 6.07) is 4.71. The molecule has 1 fully saturated rings. The van der Waals surface area contributed by atoms with Crippen LogP contribution in [0.3, 0.4) is 0 Å². The van der Waals surface area contributed by atoms with Gasteiger partial charge in [0.2, 0.25) is 5.91 Å². The predicted octanol–water partition coefficient (Wildman–Crippen LogP) is 1.05. The van der Waals surface area contributed by atoms with Gasteiger partial charge in [0.15, 0.2) is 11.5 Å². The highest BCUT2D eigenvalue weighted by molar-refractivity contribution is 6.00. The lowest BCUT2D eigenvalue weighted by Gasteiger charge is -2.34. The fourth-order valence-electron chi connectivity index (χ4n) is 2.57. The fraction of sp³-hybridized carbons (Fsp3) is 0.467. The lowest BCUT2D eigenvalue weighted by molar-refractivity contribution is -0.127. The van der Waals surface area contributed by atoms with Crippen LogP contribution in [0.2, 0.25) is 0 Å². The monoisotopic (exact) mass is 292 g/mol. The third kappa shape index (κ3) is 2.79. The molecule has 2 rings (SSSR count). The quantitative estimate of drug-likeness (QED) is 0.901. The summed E-state index contributed by atoms with van der Waals surface area (Å²) in [5.41, 5.74) is 0.407. The van der Waals surface area contributed by atoms with Crippen LogP contribution in [0.25, 0.3) is 0 Å². The highest BCUT2D eigenvalue weighted by atomic mass is 16.5. The van der Waals surface area contributed by atoms with Gasteiger partial charge in [0.1, 0.15) is 6.04 Å². The van der Waals surface area contributed by atoms with Crippen LogP contribution in [-0.2, 0) is 4.79 Å². The third-order valence-corrected chi connectivity index (χ3v) is 3.61. The smallest absolute Gasteiger partial charge is 0.258 e. The number of rotatable bonds is 4. The molecule has 1 N–H and O–H groups in total. The number of hydrogen-bond acceptors (Lipinski definition) is 4. The van der Waals surface area contributed by atoms with E-state index < -0.39 is 6.04 Å². The van der Waals surface area contributed by atoms with Crippen molar-refractivity contribution in [2.24, 2.45) is 0 Å². The molecule has 0 radical (unpaired) electrons. The van der Waals surface area contributed by atoms with Gasteiger partial charge in [0, 0.05) is 13.1 Å². The number of piperazine rings is 1. The molecule has 0 aromatic heterocycles. The Kier molecular flexibility index (Phi) is 4.67. The van der Waals surface area contributed by atoms with E-state index in [4.69, 9.17) is 9.47 Å². The van der Waals surface area contributed by atoms with Gasteiger partial charge in [-0.1, -0.05) is 13.0 Å². The number of para-hydroxylation sites is 1. The van der Waals surface area contributed by atoms with Crippen LogP contribution < -0.4 is 14.8 Å². The van der Waals surface area contributed by atoms with Crippen LogP contribution in [0.1, 0.15) is 23.7 Å². The summed E-state index contributed by atoms with van der Waals surface area (Å²) in [6.45, 7) is 2.84. The highest BCUT2D eigenvalue weighted by Crippen LogP contribution is 2.32. The molecule has 114 valence electrons. The van der Waals surface area contributed by atoms with Crippen molar-refractivity contribution >= 4 is 11.8 Å². The summed E-state index contributed by atoms with van der Waals surface area (Å²) in [5, 5.41) is 2.78. The average molecular weight is 292 g/mol. The first-order valence-electron chi connectivity index (χ1n) is 6.93. The number of ether oxygens (including phenoxy) is 2. The molecule has 21 heavy (non-hydrogen) atoms. The number of nitrogens with one attached hydrogen (secondary N) is 1. The maximum Gasteiger partial charge on any atom is 0.258 e. The van der Waals surface area contributed by atoms with E-state index in [-0.39, 0.29) is 11.8 Å². The van der Waals surface area contributed by atoms with Crippen molar-refractivity contribution in [1.82, 2.24) is 10.2 Å². The van der Waals surface area contributed by atoms with E-state index in [1.54, 1.807) is 23.1 Å². The second kappa shape index (κ2) is 6.47. The van der Waals surface area contributed by atoms with Crippen molar-refractivity contribution in [2.45, 2.75) is 19.4 Å². The lowest BCUT2D eigenvalue weighted by Crippen LogP contribution is -2.56. The summed E-state index contributed by atoms with van der Waals surface area (Å²) in [7, 11) is 3.02. The van der Waals surface area contributed by atoms with E-state index in [1.165, 1.54) is 14.2 Å². The summed E-state index contributed by atoms with van der Waals surface area (Å²) in [5.74, 6) is 0.565. The van der Waals surface area contributed by atoms with Crippen molar-refractivity contribution in [3.8, 4) is 11.5 Å².